The summed E-state index contributed by atoms with van der Waals surface area (Å²) in [5.41, 5.74) is 2.43. The lowest BCUT2D eigenvalue weighted by molar-refractivity contribution is 0.607. The lowest BCUT2D eigenvalue weighted by Gasteiger charge is -2.19. The van der Waals surface area contributed by atoms with Gasteiger partial charge in [-0.2, -0.15) is 0 Å². The van der Waals surface area contributed by atoms with Gasteiger partial charge >= 0.3 is 0 Å². The van der Waals surface area contributed by atoms with E-state index >= 15 is 0 Å². The molecule has 2 N–H and O–H groups in total. The largest absolute Gasteiger partial charge is 0.356 e. The van der Waals surface area contributed by atoms with Crippen molar-refractivity contribution in [2.75, 3.05) is 13.6 Å². The van der Waals surface area contributed by atoms with Crippen LogP contribution in [0.3, 0.4) is 0 Å². The SMILES string of the molecule is CN=C(NCc1sccc1C)NCC1(c2cccc(F)c2)CC1. The Morgan fingerprint density at radius 2 is 2.13 bits per heavy atom. The summed E-state index contributed by atoms with van der Waals surface area (Å²) < 4.78 is 13.5. The van der Waals surface area contributed by atoms with E-state index in [0.29, 0.717) is 0 Å². The molecule has 0 amide bonds. The van der Waals surface area contributed by atoms with Crippen molar-refractivity contribution in [3.63, 3.8) is 0 Å². The fraction of sp³-hybridized carbons (Fsp3) is 0.389. The first kappa shape index (κ1) is 16.0. The van der Waals surface area contributed by atoms with Crippen LogP contribution in [-0.2, 0) is 12.0 Å². The summed E-state index contributed by atoms with van der Waals surface area (Å²) in [5.74, 6) is 0.630. The number of benzene rings is 1. The molecule has 1 heterocycles. The van der Waals surface area contributed by atoms with Gasteiger partial charge in [-0.25, -0.2) is 4.39 Å². The Morgan fingerprint density at radius 3 is 2.74 bits per heavy atom. The van der Waals surface area contributed by atoms with Crippen LogP contribution < -0.4 is 10.6 Å². The van der Waals surface area contributed by atoms with Crippen LogP contribution in [0.25, 0.3) is 0 Å². The Balaban J connectivity index is 1.57. The second kappa shape index (κ2) is 6.71. The maximum Gasteiger partial charge on any atom is 0.191 e. The van der Waals surface area contributed by atoms with Crippen LogP contribution >= 0.6 is 11.3 Å². The minimum atomic E-state index is -0.163. The number of nitrogens with zero attached hydrogens (tertiary/aromatic N) is 1. The first-order chi connectivity index (χ1) is 11.1. The fourth-order valence-corrected chi connectivity index (χ4v) is 3.61. The molecule has 1 aliphatic rings. The van der Waals surface area contributed by atoms with Crippen LogP contribution in [0, 0.1) is 12.7 Å². The molecule has 0 saturated heterocycles. The van der Waals surface area contributed by atoms with Crippen LogP contribution in [0.5, 0.6) is 0 Å². The average molecular weight is 331 g/mol. The van der Waals surface area contributed by atoms with Crippen molar-refractivity contribution in [1.82, 2.24) is 10.6 Å². The van der Waals surface area contributed by atoms with Crippen molar-refractivity contribution in [2.45, 2.75) is 31.7 Å². The van der Waals surface area contributed by atoms with E-state index in [-0.39, 0.29) is 11.2 Å². The van der Waals surface area contributed by atoms with Gasteiger partial charge in [-0.05, 0) is 54.5 Å². The number of rotatable bonds is 5. The lowest BCUT2D eigenvalue weighted by atomic mass is 9.96. The molecule has 1 saturated carbocycles. The van der Waals surface area contributed by atoms with E-state index in [1.807, 2.05) is 6.07 Å². The summed E-state index contributed by atoms with van der Waals surface area (Å²) >= 11 is 1.75. The molecule has 0 unspecified atom stereocenters. The third-order valence-corrected chi connectivity index (χ3v) is 5.52. The van der Waals surface area contributed by atoms with Gasteiger partial charge in [0, 0.05) is 23.9 Å². The molecular weight excluding hydrogens is 309 g/mol. The normalized spacial score (nSPS) is 16.2. The number of hydrogen-bond donors (Lipinski definition) is 2. The van der Waals surface area contributed by atoms with Gasteiger partial charge in [-0.3, -0.25) is 4.99 Å². The Labute approximate surface area is 140 Å². The van der Waals surface area contributed by atoms with Crippen LogP contribution in [0.4, 0.5) is 4.39 Å². The number of thiophene rings is 1. The van der Waals surface area contributed by atoms with Crippen molar-refractivity contribution in [3.8, 4) is 0 Å². The van der Waals surface area contributed by atoms with Crippen LogP contribution in [-0.4, -0.2) is 19.6 Å². The van der Waals surface area contributed by atoms with Crippen molar-refractivity contribution < 1.29 is 4.39 Å². The molecule has 122 valence electrons. The number of aliphatic imine (C=N–C) groups is 1. The summed E-state index contributed by atoms with van der Waals surface area (Å²) in [6.07, 6.45) is 2.18. The molecule has 0 aliphatic heterocycles. The van der Waals surface area contributed by atoms with Crippen molar-refractivity contribution >= 4 is 17.3 Å². The standard InChI is InChI=1S/C18H22FN3S/c1-13-6-9-23-16(13)11-21-17(20-2)22-12-18(7-8-18)14-4-3-5-15(19)10-14/h3-6,9-10H,7-8,11-12H2,1-2H3,(H2,20,21,22). The molecule has 3 rings (SSSR count). The zero-order chi connectivity index (χ0) is 16.3. The second-order valence-corrected chi connectivity index (χ2v) is 7.10. The maximum atomic E-state index is 13.5. The maximum absolute atomic E-state index is 13.5. The van der Waals surface area contributed by atoms with Gasteiger partial charge in [0.2, 0.25) is 0 Å². The van der Waals surface area contributed by atoms with Crippen LogP contribution in [0.2, 0.25) is 0 Å². The zero-order valence-electron chi connectivity index (χ0n) is 13.5. The van der Waals surface area contributed by atoms with Gasteiger partial charge in [0.15, 0.2) is 5.96 Å². The first-order valence-electron chi connectivity index (χ1n) is 7.86. The highest BCUT2D eigenvalue weighted by Gasteiger charge is 2.44. The summed E-state index contributed by atoms with van der Waals surface area (Å²) in [5, 5.41) is 8.85. The highest BCUT2D eigenvalue weighted by Crippen LogP contribution is 2.47. The molecule has 5 heteroatoms. The Bertz CT molecular complexity index is 704. The molecule has 23 heavy (non-hydrogen) atoms. The molecule has 2 aromatic rings. The second-order valence-electron chi connectivity index (χ2n) is 6.10. The van der Waals surface area contributed by atoms with E-state index in [1.165, 1.54) is 16.5 Å². The smallest absolute Gasteiger partial charge is 0.191 e. The number of aryl methyl sites for hydroxylation is 1. The Kier molecular flexibility index (Phi) is 4.66. The van der Waals surface area contributed by atoms with Gasteiger partial charge in [-0.1, -0.05) is 12.1 Å². The van der Waals surface area contributed by atoms with E-state index in [2.05, 4.69) is 34.0 Å². The monoisotopic (exact) mass is 331 g/mol. The third-order valence-electron chi connectivity index (χ3n) is 4.49. The predicted molar refractivity (Wildman–Crippen MR) is 94.6 cm³/mol. The predicted octanol–water partition coefficient (Wildman–Crippen LogP) is 3.59. The molecule has 0 radical (unpaired) electrons. The minimum absolute atomic E-state index is 0.0541. The van der Waals surface area contributed by atoms with E-state index in [9.17, 15) is 4.39 Å². The molecule has 0 spiro atoms. The quantitative estimate of drug-likeness (QED) is 0.649. The summed E-state index contributed by atoms with van der Waals surface area (Å²) in [6, 6.07) is 9.08. The zero-order valence-corrected chi connectivity index (χ0v) is 14.3. The van der Waals surface area contributed by atoms with E-state index in [4.69, 9.17) is 0 Å². The van der Waals surface area contributed by atoms with Crippen molar-refractivity contribution in [2.24, 2.45) is 4.99 Å². The molecule has 1 fully saturated rings. The number of nitrogens with one attached hydrogen (secondary N) is 2. The van der Waals surface area contributed by atoms with Crippen molar-refractivity contribution in [1.29, 1.82) is 0 Å². The van der Waals surface area contributed by atoms with Gasteiger partial charge in [-0.15, -0.1) is 11.3 Å². The third kappa shape index (κ3) is 3.72. The molecule has 1 aromatic heterocycles. The van der Waals surface area contributed by atoms with Gasteiger partial charge < -0.3 is 10.6 Å². The molecular formula is C18H22FN3S. The molecule has 0 bridgehead atoms. The number of halogens is 1. The summed E-state index contributed by atoms with van der Waals surface area (Å²) in [4.78, 5) is 5.60. The highest BCUT2D eigenvalue weighted by atomic mass is 32.1. The van der Waals surface area contributed by atoms with E-state index < -0.39 is 0 Å². The van der Waals surface area contributed by atoms with Crippen molar-refractivity contribution in [3.05, 3.63) is 57.5 Å². The van der Waals surface area contributed by atoms with E-state index in [0.717, 1.165) is 37.5 Å². The van der Waals surface area contributed by atoms with Gasteiger partial charge in [0.25, 0.3) is 0 Å². The Morgan fingerprint density at radius 1 is 1.30 bits per heavy atom. The number of guanidine groups is 1. The molecule has 0 atom stereocenters. The van der Waals surface area contributed by atoms with Crippen LogP contribution in [0.1, 0.15) is 28.8 Å². The molecule has 1 aromatic carbocycles. The first-order valence-corrected chi connectivity index (χ1v) is 8.74. The molecule has 1 aliphatic carbocycles. The Hall–Kier alpha value is -1.88. The summed E-state index contributed by atoms with van der Waals surface area (Å²) in [7, 11) is 1.78. The fourth-order valence-electron chi connectivity index (χ4n) is 2.76. The summed E-state index contributed by atoms with van der Waals surface area (Å²) in [6.45, 7) is 3.67. The lowest BCUT2D eigenvalue weighted by Crippen LogP contribution is -2.40. The number of hydrogen-bond acceptors (Lipinski definition) is 2. The molecule has 3 nitrogen and oxygen atoms in total. The van der Waals surface area contributed by atoms with Crippen LogP contribution in [0.15, 0.2) is 40.7 Å². The van der Waals surface area contributed by atoms with Gasteiger partial charge in [0.1, 0.15) is 5.82 Å². The highest BCUT2D eigenvalue weighted by molar-refractivity contribution is 7.10. The average Bonchev–Trinajstić information content (AvgIpc) is 3.24. The minimum Gasteiger partial charge on any atom is -0.356 e. The topological polar surface area (TPSA) is 36.4 Å². The van der Waals surface area contributed by atoms with E-state index in [1.54, 1.807) is 30.5 Å². The van der Waals surface area contributed by atoms with Gasteiger partial charge in [0.05, 0.1) is 6.54 Å².